The predicted molar refractivity (Wildman–Crippen MR) is 122 cm³/mol. The summed E-state index contributed by atoms with van der Waals surface area (Å²) in [5.74, 6) is -0.0127. The van der Waals surface area contributed by atoms with Gasteiger partial charge in [0.2, 0.25) is 0 Å². The fourth-order valence-corrected chi connectivity index (χ4v) is 3.49. The molecule has 6 nitrogen and oxygen atoms in total. The van der Waals surface area contributed by atoms with E-state index >= 15 is 0 Å². The van der Waals surface area contributed by atoms with E-state index in [1.54, 1.807) is 13.0 Å². The quantitative estimate of drug-likeness (QED) is 0.544. The molecule has 0 aliphatic carbocycles. The molecule has 1 saturated heterocycles. The van der Waals surface area contributed by atoms with Crippen LogP contribution in [0.3, 0.4) is 0 Å². The molecule has 1 heterocycles. The summed E-state index contributed by atoms with van der Waals surface area (Å²) in [4.78, 5) is 16.5. The highest BCUT2D eigenvalue weighted by atomic mass is 19.1. The van der Waals surface area contributed by atoms with Gasteiger partial charge in [-0.2, -0.15) is 5.10 Å². The van der Waals surface area contributed by atoms with Gasteiger partial charge in [0.05, 0.1) is 11.4 Å². The summed E-state index contributed by atoms with van der Waals surface area (Å²) in [7, 11) is 0. The van der Waals surface area contributed by atoms with Crippen LogP contribution in [-0.4, -0.2) is 55.8 Å². The van der Waals surface area contributed by atoms with Crippen LogP contribution in [0.1, 0.15) is 30.5 Å². The number of anilines is 1. The van der Waals surface area contributed by atoms with Crippen LogP contribution in [0, 0.1) is 19.7 Å². The number of carbonyl (C=O) groups excluding carboxylic acids is 1. The molecule has 0 atom stereocenters. The van der Waals surface area contributed by atoms with Gasteiger partial charge in [-0.15, -0.1) is 0 Å². The van der Waals surface area contributed by atoms with Gasteiger partial charge in [0, 0.05) is 31.7 Å². The minimum Gasteiger partial charge on any atom is -0.484 e. The number of piperazine rings is 1. The Morgan fingerprint density at radius 2 is 1.84 bits per heavy atom. The fourth-order valence-electron chi connectivity index (χ4n) is 3.49. The number of hydrogen-bond donors (Lipinski definition) is 1. The first-order valence-corrected chi connectivity index (χ1v) is 10.7. The lowest BCUT2D eigenvalue weighted by molar-refractivity contribution is -0.123. The van der Waals surface area contributed by atoms with Crippen LogP contribution in [0.15, 0.2) is 41.5 Å². The first kappa shape index (κ1) is 22.7. The van der Waals surface area contributed by atoms with Gasteiger partial charge in [-0.25, -0.2) is 9.82 Å². The minimum absolute atomic E-state index is 0.143. The number of likely N-dealkylation sites (N-methyl/N-ethyl adjacent to an activating group) is 1. The van der Waals surface area contributed by atoms with Crippen molar-refractivity contribution in [2.45, 2.75) is 27.7 Å². The standard InChI is InChI=1S/C24H31FN4O2/c1-5-28-10-12-29(13-11-28)23-9-7-20(15-22(23)25)19(4)26-27-24(30)16-31-21-8-6-17(2)18(3)14-21/h6-9,14-15H,5,10-13,16H2,1-4H3,(H,27,30)/b26-19-. The smallest absolute Gasteiger partial charge is 0.277 e. The maximum absolute atomic E-state index is 14.7. The van der Waals surface area contributed by atoms with Crippen LogP contribution in [-0.2, 0) is 4.79 Å². The van der Waals surface area contributed by atoms with Crippen molar-refractivity contribution < 1.29 is 13.9 Å². The van der Waals surface area contributed by atoms with E-state index < -0.39 is 0 Å². The number of hydrogen-bond acceptors (Lipinski definition) is 5. The number of carbonyl (C=O) groups is 1. The Bertz CT molecular complexity index is 953. The second kappa shape index (κ2) is 10.4. The molecule has 0 spiro atoms. The fraction of sp³-hybridized carbons (Fsp3) is 0.417. The van der Waals surface area contributed by atoms with E-state index in [4.69, 9.17) is 4.74 Å². The van der Waals surface area contributed by atoms with E-state index in [-0.39, 0.29) is 18.3 Å². The van der Waals surface area contributed by atoms with Crippen molar-refractivity contribution in [1.29, 1.82) is 0 Å². The molecule has 1 amide bonds. The van der Waals surface area contributed by atoms with Crippen molar-refractivity contribution in [3.8, 4) is 5.75 Å². The van der Waals surface area contributed by atoms with Crippen molar-refractivity contribution in [3.63, 3.8) is 0 Å². The van der Waals surface area contributed by atoms with Crippen LogP contribution in [0.4, 0.5) is 10.1 Å². The molecule has 2 aromatic rings. The van der Waals surface area contributed by atoms with Crippen molar-refractivity contribution >= 4 is 17.3 Å². The van der Waals surface area contributed by atoms with Crippen molar-refractivity contribution in [2.24, 2.45) is 5.10 Å². The zero-order chi connectivity index (χ0) is 22.4. The highest BCUT2D eigenvalue weighted by Crippen LogP contribution is 2.22. The summed E-state index contributed by atoms with van der Waals surface area (Å²) < 4.78 is 20.2. The number of amides is 1. The number of ether oxygens (including phenoxy) is 1. The van der Waals surface area contributed by atoms with Gasteiger partial charge in [0.15, 0.2) is 6.61 Å². The molecular formula is C24H31FN4O2. The van der Waals surface area contributed by atoms with Crippen molar-refractivity contribution in [3.05, 3.63) is 58.9 Å². The molecular weight excluding hydrogens is 395 g/mol. The van der Waals surface area contributed by atoms with Crippen LogP contribution in [0.25, 0.3) is 0 Å². The zero-order valence-electron chi connectivity index (χ0n) is 18.7. The molecule has 0 aromatic heterocycles. The van der Waals surface area contributed by atoms with Crippen LogP contribution < -0.4 is 15.1 Å². The Morgan fingerprint density at radius 3 is 2.48 bits per heavy atom. The number of nitrogens with one attached hydrogen (secondary N) is 1. The minimum atomic E-state index is -0.372. The average molecular weight is 427 g/mol. The number of hydrazone groups is 1. The molecule has 0 bridgehead atoms. The summed E-state index contributed by atoms with van der Waals surface area (Å²) in [6.07, 6.45) is 0. The lowest BCUT2D eigenvalue weighted by Crippen LogP contribution is -2.46. The Balaban J connectivity index is 1.55. The van der Waals surface area contributed by atoms with Gasteiger partial charge in [-0.3, -0.25) is 4.79 Å². The molecule has 31 heavy (non-hydrogen) atoms. The Hall–Kier alpha value is -2.93. The SMILES string of the molecule is CCN1CCN(c2ccc(/C(C)=N\NC(=O)COc3ccc(C)c(C)c3)cc2F)CC1. The van der Waals surface area contributed by atoms with Gasteiger partial charge in [-0.1, -0.05) is 19.1 Å². The van der Waals surface area contributed by atoms with Gasteiger partial charge >= 0.3 is 0 Å². The molecule has 1 N–H and O–H groups in total. The second-order valence-corrected chi connectivity index (χ2v) is 7.85. The van der Waals surface area contributed by atoms with Crippen molar-refractivity contribution in [1.82, 2.24) is 10.3 Å². The van der Waals surface area contributed by atoms with Gasteiger partial charge < -0.3 is 14.5 Å². The molecule has 0 unspecified atom stereocenters. The highest BCUT2D eigenvalue weighted by Gasteiger charge is 2.19. The van der Waals surface area contributed by atoms with Gasteiger partial charge in [0.1, 0.15) is 11.6 Å². The van der Waals surface area contributed by atoms with E-state index in [0.717, 1.165) is 38.3 Å². The molecule has 166 valence electrons. The number of halogens is 1. The van der Waals surface area contributed by atoms with E-state index in [1.165, 1.54) is 11.6 Å². The Morgan fingerprint density at radius 1 is 1.10 bits per heavy atom. The van der Waals surface area contributed by atoms with Crippen LogP contribution >= 0.6 is 0 Å². The van der Waals surface area contributed by atoms with E-state index in [2.05, 4.69) is 27.3 Å². The number of rotatable bonds is 7. The molecule has 0 radical (unpaired) electrons. The average Bonchev–Trinajstić information content (AvgIpc) is 2.78. The molecule has 1 fully saturated rings. The van der Waals surface area contributed by atoms with E-state index in [0.29, 0.717) is 22.7 Å². The summed E-state index contributed by atoms with van der Waals surface area (Å²) in [5.41, 5.74) is 6.50. The summed E-state index contributed by atoms with van der Waals surface area (Å²) in [6, 6.07) is 10.8. The normalized spacial score (nSPS) is 15.1. The topological polar surface area (TPSA) is 57.2 Å². The monoisotopic (exact) mass is 426 g/mol. The number of nitrogens with zero attached hydrogens (tertiary/aromatic N) is 3. The summed E-state index contributed by atoms with van der Waals surface area (Å²) >= 11 is 0. The summed E-state index contributed by atoms with van der Waals surface area (Å²) in [5, 5.41) is 4.09. The van der Waals surface area contributed by atoms with Crippen LogP contribution in [0.2, 0.25) is 0 Å². The summed E-state index contributed by atoms with van der Waals surface area (Å²) in [6.45, 7) is 12.3. The Kier molecular flexibility index (Phi) is 7.63. The zero-order valence-corrected chi connectivity index (χ0v) is 18.7. The lowest BCUT2D eigenvalue weighted by Gasteiger charge is -2.35. The third kappa shape index (κ3) is 6.04. The first-order valence-electron chi connectivity index (χ1n) is 10.7. The third-order valence-electron chi connectivity index (χ3n) is 5.72. The molecule has 1 aliphatic heterocycles. The lowest BCUT2D eigenvalue weighted by atomic mass is 10.1. The molecule has 7 heteroatoms. The number of benzene rings is 2. The Labute approximate surface area is 183 Å². The van der Waals surface area contributed by atoms with Gasteiger partial charge in [0.25, 0.3) is 5.91 Å². The molecule has 2 aromatic carbocycles. The predicted octanol–water partition coefficient (Wildman–Crippen LogP) is 3.50. The number of aryl methyl sites for hydroxylation is 2. The molecule has 1 aliphatic rings. The molecule has 0 saturated carbocycles. The highest BCUT2D eigenvalue weighted by molar-refractivity contribution is 5.99. The van der Waals surface area contributed by atoms with E-state index in [9.17, 15) is 9.18 Å². The maximum atomic E-state index is 14.7. The largest absolute Gasteiger partial charge is 0.484 e. The van der Waals surface area contributed by atoms with Crippen LogP contribution in [0.5, 0.6) is 5.75 Å². The molecule has 3 rings (SSSR count). The van der Waals surface area contributed by atoms with Crippen molar-refractivity contribution in [2.75, 3.05) is 44.2 Å². The third-order valence-corrected chi connectivity index (χ3v) is 5.72. The maximum Gasteiger partial charge on any atom is 0.277 e. The second-order valence-electron chi connectivity index (χ2n) is 7.85. The van der Waals surface area contributed by atoms with E-state index in [1.807, 2.05) is 38.1 Å². The first-order chi connectivity index (χ1) is 14.9. The van der Waals surface area contributed by atoms with Gasteiger partial charge in [-0.05, 0) is 62.7 Å².